The van der Waals surface area contributed by atoms with Crippen LogP contribution < -0.4 is 0 Å². The van der Waals surface area contributed by atoms with E-state index in [4.69, 9.17) is 0 Å². The van der Waals surface area contributed by atoms with E-state index in [9.17, 15) is 0 Å². The summed E-state index contributed by atoms with van der Waals surface area (Å²) in [5.41, 5.74) is 7.43. The molecule has 0 bridgehead atoms. The van der Waals surface area contributed by atoms with Gasteiger partial charge in [-0.05, 0) is 41.0 Å². The third kappa shape index (κ3) is 1.68. The second-order valence-electron chi connectivity index (χ2n) is 5.87. The second kappa shape index (κ2) is 4.49. The highest BCUT2D eigenvalue weighted by Gasteiger charge is 2.33. The van der Waals surface area contributed by atoms with Gasteiger partial charge in [0.1, 0.15) is 0 Å². The molecule has 0 spiro atoms. The second-order valence-corrected chi connectivity index (χ2v) is 5.87. The van der Waals surface area contributed by atoms with Crippen molar-refractivity contribution in [3.63, 3.8) is 0 Å². The summed E-state index contributed by atoms with van der Waals surface area (Å²) in [7, 11) is 0. The molecule has 2 aromatic rings. The van der Waals surface area contributed by atoms with Crippen LogP contribution >= 0.6 is 0 Å². The fraction of sp³-hybridized carbons (Fsp3) is 0.200. The average Bonchev–Trinajstić information content (AvgIpc) is 3.07. The van der Waals surface area contributed by atoms with Gasteiger partial charge in [0.05, 0.1) is 0 Å². The van der Waals surface area contributed by atoms with Crippen molar-refractivity contribution in [1.29, 1.82) is 0 Å². The van der Waals surface area contributed by atoms with Gasteiger partial charge in [-0.2, -0.15) is 0 Å². The van der Waals surface area contributed by atoms with Crippen molar-refractivity contribution in [2.75, 3.05) is 0 Å². The van der Waals surface area contributed by atoms with Gasteiger partial charge in [0.15, 0.2) is 0 Å². The summed E-state index contributed by atoms with van der Waals surface area (Å²) >= 11 is 0. The van der Waals surface area contributed by atoms with Gasteiger partial charge >= 0.3 is 0 Å². The summed E-state index contributed by atoms with van der Waals surface area (Å²) in [6, 6.07) is 17.6. The van der Waals surface area contributed by atoms with E-state index in [1.807, 2.05) is 0 Å². The van der Waals surface area contributed by atoms with E-state index in [1.54, 1.807) is 5.57 Å². The molecule has 0 heterocycles. The van der Waals surface area contributed by atoms with Crippen molar-refractivity contribution in [3.05, 3.63) is 89.0 Å². The van der Waals surface area contributed by atoms with Crippen LogP contribution in [0.15, 0.2) is 66.8 Å². The number of hydrogen-bond acceptors (Lipinski definition) is 0. The van der Waals surface area contributed by atoms with Crippen LogP contribution in [0.5, 0.6) is 0 Å². The molecule has 0 aromatic heterocycles. The SMILES string of the molecule is C=CC1c2ccccc2CC1C1=Cc2ccccc2C1. The van der Waals surface area contributed by atoms with E-state index in [0.29, 0.717) is 11.8 Å². The first-order chi connectivity index (χ1) is 9.86. The average molecular weight is 258 g/mol. The van der Waals surface area contributed by atoms with Crippen molar-refractivity contribution in [2.24, 2.45) is 5.92 Å². The molecule has 98 valence electrons. The lowest BCUT2D eigenvalue weighted by molar-refractivity contribution is 0.593. The highest BCUT2D eigenvalue weighted by atomic mass is 14.4. The van der Waals surface area contributed by atoms with Gasteiger partial charge in [-0.15, -0.1) is 6.58 Å². The Kier molecular flexibility index (Phi) is 2.63. The minimum Gasteiger partial charge on any atom is -0.102 e. The highest BCUT2D eigenvalue weighted by Crippen LogP contribution is 2.45. The van der Waals surface area contributed by atoms with Gasteiger partial charge in [0.25, 0.3) is 0 Å². The zero-order valence-corrected chi connectivity index (χ0v) is 11.5. The topological polar surface area (TPSA) is 0 Å². The Morgan fingerprint density at radius 3 is 2.50 bits per heavy atom. The minimum absolute atomic E-state index is 0.478. The monoisotopic (exact) mass is 258 g/mol. The third-order valence-corrected chi connectivity index (χ3v) is 4.81. The maximum Gasteiger partial charge on any atom is 0.00870 e. The van der Waals surface area contributed by atoms with Gasteiger partial charge in [-0.3, -0.25) is 0 Å². The normalized spacial score (nSPS) is 23.1. The molecule has 0 amide bonds. The largest absolute Gasteiger partial charge is 0.102 e. The fourth-order valence-electron chi connectivity index (χ4n) is 3.82. The van der Waals surface area contributed by atoms with Gasteiger partial charge < -0.3 is 0 Å². The van der Waals surface area contributed by atoms with Crippen LogP contribution in [0.2, 0.25) is 0 Å². The van der Waals surface area contributed by atoms with E-state index in [2.05, 4.69) is 67.3 Å². The lowest BCUT2D eigenvalue weighted by Gasteiger charge is -2.18. The maximum atomic E-state index is 4.09. The molecule has 0 radical (unpaired) electrons. The van der Waals surface area contributed by atoms with Crippen molar-refractivity contribution in [1.82, 2.24) is 0 Å². The molecule has 0 nitrogen and oxygen atoms in total. The van der Waals surface area contributed by atoms with Crippen LogP contribution in [0, 0.1) is 5.92 Å². The first-order valence-corrected chi connectivity index (χ1v) is 7.35. The first kappa shape index (κ1) is 11.7. The van der Waals surface area contributed by atoms with Gasteiger partial charge in [-0.25, -0.2) is 0 Å². The first-order valence-electron chi connectivity index (χ1n) is 7.35. The van der Waals surface area contributed by atoms with Crippen LogP contribution in [-0.4, -0.2) is 0 Å². The molecule has 20 heavy (non-hydrogen) atoms. The highest BCUT2D eigenvalue weighted by molar-refractivity contribution is 5.65. The van der Waals surface area contributed by atoms with Crippen LogP contribution in [0.1, 0.15) is 28.2 Å². The Hall–Kier alpha value is -2.08. The third-order valence-electron chi connectivity index (χ3n) is 4.81. The Morgan fingerprint density at radius 1 is 0.950 bits per heavy atom. The molecule has 2 aromatic carbocycles. The summed E-state index contributed by atoms with van der Waals surface area (Å²) in [5, 5.41) is 0. The van der Waals surface area contributed by atoms with E-state index >= 15 is 0 Å². The summed E-state index contributed by atoms with van der Waals surface area (Å²) in [6.45, 7) is 4.09. The molecule has 0 fully saturated rings. The standard InChI is InChI=1S/C20H18/c1-2-18-19-10-6-5-9-16(19)13-20(18)17-11-14-7-3-4-8-15(14)12-17/h2-11,18,20H,1,12-13H2. The summed E-state index contributed by atoms with van der Waals surface area (Å²) in [4.78, 5) is 0. The van der Waals surface area contributed by atoms with Crippen LogP contribution in [0.3, 0.4) is 0 Å². The number of rotatable bonds is 2. The Morgan fingerprint density at radius 2 is 1.70 bits per heavy atom. The summed E-state index contributed by atoms with van der Waals surface area (Å²) in [6.07, 6.45) is 6.81. The molecule has 2 aliphatic rings. The predicted molar refractivity (Wildman–Crippen MR) is 84.7 cm³/mol. The van der Waals surface area contributed by atoms with Crippen LogP contribution in [0.25, 0.3) is 6.08 Å². The van der Waals surface area contributed by atoms with Gasteiger partial charge in [-0.1, -0.05) is 66.3 Å². The molecule has 2 atom stereocenters. The molecule has 0 saturated heterocycles. The molecule has 2 aliphatic carbocycles. The van der Waals surface area contributed by atoms with E-state index in [-0.39, 0.29) is 0 Å². The molecular formula is C20H18. The lowest BCUT2D eigenvalue weighted by atomic mass is 9.85. The zero-order valence-electron chi connectivity index (χ0n) is 11.5. The van der Waals surface area contributed by atoms with E-state index in [0.717, 1.165) is 12.8 Å². The molecule has 2 unspecified atom stereocenters. The van der Waals surface area contributed by atoms with Crippen molar-refractivity contribution >= 4 is 6.08 Å². The van der Waals surface area contributed by atoms with Crippen molar-refractivity contribution < 1.29 is 0 Å². The Bertz CT molecular complexity index is 705. The molecule has 0 aliphatic heterocycles. The quantitative estimate of drug-likeness (QED) is 0.681. The minimum atomic E-state index is 0.478. The lowest BCUT2D eigenvalue weighted by Crippen LogP contribution is -2.09. The smallest absolute Gasteiger partial charge is 0.00870 e. The molecule has 0 N–H and O–H groups in total. The number of benzene rings is 2. The number of allylic oxidation sites excluding steroid dienone is 2. The van der Waals surface area contributed by atoms with Crippen LogP contribution in [-0.2, 0) is 12.8 Å². The van der Waals surface area contributed by atoms with Crippen molar-refractivity contribution in [2.45, 2.75) is 18.8 Å². The Balaban J connectivity index is 1.71. The number of hydrogen-bond donors (Lipinski definition) is 0. The fourth-order valence-corrected chi connectivity index (χ4v) is 3.82. The number of fused-ring (bicyclic) bond motifs is 2. The molecule has 4 rings (SSSR count). The van der Waals surface area contributed by atoms with E-state index < -0.39 is 0 Å². The van der Waals surface area contributed by atoms with Gasteiger partial charge in [0, 0.05) is 5.92 Å². The maximum absolute atomic E-state index is 4.09. The zero-order chi connectivity index (χ0) is 13.5. The van der Waals surface area contributed by atoms with E-state index in [1.165, 1.54) is 22.3 Å². The Labute approximate surface area is 120 Å². The van der Waals surface area contributed by atoms with Gasteiger partial charge in [0.2, 0.25) is 0 Å². The predicted octanol–water partition coefficient (Wildman–Crippen LogP) is 4.77. The molecule has 0 saturated carbocycles. The molecular weight excluding hydrogens is 240 g/mol. The van der Waals surface area contributed by atoms with Crippen molar-refractivity contribution in [3.8, 4) is 0 Å². The summed E-state index contributed by atoms with van der Waals surface area (Å²) in [5.74, 6) is 1.07. The molecule has 0 heteroatoms. The van der Waals surface area contributed by atoms with Crippen LogP contribution in [0.4, 0.5) is 0 Å². The summed E-state index contributed by atoms with van der Waals surface area (Å²) < 4.78 is 0.